The van der Waals surface area contributed by atoms with Gasteiger partial charge in [-0.05, 0) is 31.5 Å². The summed E-state index contributed by atoms with van der Waals surface area (Å²) in [7, 11) is 0. The van der Waals surface area contributed by atoms with Crippen LogP contribution in [0.1, 0.15) is 23.0 Å². The van der Waals surface area contributed by atoms with Crippen molar-refractivity contribution in [1.82, 2.24) is 9.78 Å². The van der Waals surface area contributed by atoms with Crippen LogP contribution in [0.25, 0.3) is 11.3 Å². The highest BCUT2D eigenvalue weighted by molar-refractivity contribution is 5.76. The van der Waals surface area contributed by atoms with E-state index in [-0.39, 0.29) is 0 Å². The van der Waals surface area contributed by atoms with Crippen molar-refractivity contribution in [3.8, 4) is 11.3 Å². The molecule has 1 heterocycles. The zero-order valence-electron chi connectivity index (χ0n) is 9.97. The number of benzene rings is 1. The standard InChI is InChI=1S/C13H15N3O/c1-3-16-11(8-17)7-13(15-16)10-5-4-9(2)12(14)6-10/h4-8H,3,14H2,1-2H3. The lowest BCUT2D eigenvalue weighted by molar-refractivity contribution is 0.111. The summed E-state index contributed by atoms with van der Waals surface area (Å²) in [5, 5.41) is 4.37. The molecule has 0 fully saturated rings. The molecule has 0 aliphatic carbocycles. The molecule has 0 spiro atoms. The van der Waals surface area contributed by atoms with Gasteiger partial charge in [0.25, 0.3) is 0 Å². The summed E-state index contributed by atoms with van der Waals surface area (Å²) >= 11 is 0. The van der Waals surface area contributed by atoms with Crippen LogP contribution in [0.15, 0.2) is 24.3 Å². The molecule has 0 aliphatic heterocycles. The Labute approximate surface area is 100 Å². The first-order chi connectivity index (χ1) is 8.15. The molecule has 0 saturated heterocycles. The van der Waals surface area contributed by atoms with Gasteiger partial charge in [0.2, 0.25) is 0 Å². The minimum absolute atomic E-state index is 0.585. The highest BCUT2D eigenvalue weighted by Crippen LogP contribution is 2.23. The maximum atomic E-state index is 10.9. The number of rotatable bonds is 3. The van der Waals surface area contributed by atoms with Gasteiger partial charge in [0.15, 0.2) is 6.29 Å². The van der Waals surface area contributed by atoms with Gasteiger partial charge in [-0.25, -0.2) is 0 Å². The van der Waals surface area contributed by atoms with Crippen LogP contribution in [0.4, 0.5) is 5.69 Å². The lowest BCUT2D eigenvalue weighted by atomic mass is 10.1. The Morgan fingerprint density at radius 3 is 2.71 bits per heavy atom. The Morgan fingerprint density at radius 2 is 2.18 bits per heavy atom. The van der Waals surface area contributed by atoms with Crippen LogP contribution < -0.4 is 5.73 Å². The summed E-state index contributed by atoms with van der Waals surface area (Å²) in [5.74, 6) is 0. The first-order valence-corrected chi connectivity index (χ1v) is 5.55. The van der Waals surface area contributed by atoms with Gasteiger partial charge >= 0.3 is 0 Å². The van der Waals surface area contributed by atoms with Crippen molar-refractivity contribution in [3.05, 3.63) is 35.5 Å². The van der Waals surface area contributed by atoms with Crippen molar-refractivity contribution in [2.24, 2.45) is 0 Å². The summed E-state index contributed by atoms with van der Waals surface area (Å²) in [5.41, 5.74) is 9.94. The van der Waals surface area contributed by atoms with E-state index in [1.807, 2.05) is 32.0 Å². The lowest BCUT2D eigenvalue weighted by Gasteiger charge is -2.02. The van der Waals surface area contributed by atoms with Gasteiger partial charge in [-0.2, -0.15) is 5.10 Å². The molecule has 1 aromatic carbocycles. The summed E-state index contributed by atoms with van der Waals surface area (Å²) in [6.07, 6.45) is 0.817. The number of carbonyl (C=O) groups is 1. The SMILES string of the molecule is CCn1nc(-c2ccc(C)c(N)c2)cc1C=O. The quantitative estimate of drug-likeness (QED) is 0.648. The Balaban J connectivity index is 2.49. The third-order valence-corrected chi connectivity index (χ3v) is 2.81. The predicted octanol–water partition coefficient (Wildman–Crippen LogP) is 2.27. The van der Waals surface area contributed by atoms with Crippen LogP contribution in [-0.2, 0) is 6.54 Å². The molecule has 2 N–H and O–H groups in total. The van der Waals surface area contributed by atoms with Crippen molar-refractivity contribution in [2.75, 3.05) is 5.73 Å². The van der Waals surface area contributed by atoms with E-state index in [9.17, 15) is 4.79 Å². The Kier molecular flexibility index (Phi) is 2.95. The average Bonchev–Trinajstić information content (AvgIpc) is 2.75. The summed E-state index contributed by atoms with van der Waals surface area (Å²) in [6, 6.07) is 7.58. The van der Waals surface area contributed by atoms with Gasteiger partial charge < -0.3 is 5.73 Å². The number of hydrogen-bond donors (Lipinski definition) is 1. The summed E-state index contributed by atoms with van der Waals surface area (Å²) in [6.45, 7) is 4.59. The lowest BCUT2D eigenvalue weighted by Crippen LogP contribution is -2.01. The molecule has 1 aromatic heterocycles. The summed E-state index contributed by atoms with van der Waals surface area (Å²) < 4.78 is 1.68. The minimum Gasteiger partial charge on any atom is -0.398 e. The molecule has 0 unspecified atom stereocenters. The van der Waals surface area contributed by atoms with Crippen LogP contribution in [-0.4, -0.2) is 16.1 Å². The fourth-order valence-electron chi connectivity index (χ4n) is 1.72. The van der Waals surface area contributed by atoms with Gasteiger partial charge in [0.1, 0.15) is 5.69 Å². The minimum atomic E-state index is 0.585. The molecule has 4 heteroatoms. The molecule has 0 atom stereocenters. The zero-order chi connectivity index (χ0) is 12.4. The average molecular weight is 229 g/mol. The normalized spacial score (nSPS) is 10.5. The molecule has 0 bridgehead atoms. The van der Waals surface area contributed by atoms with E-state index >= 15 is 0 Å². The van der Waals surface area contributed by atoms with Crippen LogP contribution in [0, 0.1) is 6.92 Å². The number of nitrogen functional groups attached to an aromatic ring is 1. The fourth-order valence-corrected chi connectivity index (χ4v) is 1.72. The number of anilines is 1. The summed E-state index contributed by atoms with van der Waals surface area (Å²) in [4.78, 5) is 10.9. The van der Waals surface area contributed by atoms with E-state index in [1.54, 1.807) is 10.7 Å². The second kappa shape index (κ2) is 4.41. The van der Waals surface area contributed by atoms with E-state index in [0.29, 0.717) is 12.2 Å². The van der Waals surface area contributed by atoms with Gasteiger partial charge in [-0.1, -0.05) is 12.1 Å². The monoisotopic (exact) mass is 229 g/mol. The van der Waals surface area contributed by atoms with Crippen molar-refractivity contribution in [2.45, 2.75) is 20.4 Å². The number of aromatic nitrogens is 2. The molecule has 0 saturated carbocycles. The van der Waals surface area contributed by atoms with E-state index in [1.165, 1.54) is 0 Å². The number of carbonyl (C=O) groups excluding carboxylic acids is 1. The van der Waals surface area contributed by atoms with Crippen molar-refractivity contribution in [3.63, 3.8) is 0 Å². The first kappa shape index (κ1) is 11.4. The van der Waals surface area contributed by atoms with Crippen LogP contribution in [0.5, 0.6) is 0 Å². The Hall–Kier alpha value is -2.10. The highest BCUT2D eigenvalue weighted by Gasteiger charge is 2.08. The van der Waals surface area contributed by atoms with Crippen molar-refractivity contribution < 1.29 is 4.79 Å². The number of hydrogen-bond acceptors (Lipinski definition) is 3. The van der Waals surface area contributed by atoms with Gasteiger partial charge in [0, 0.05) is 17.8 Å². The number of aldehydes is 1. The van der Waals surface area contributed by atoms with Gasteiger partial charge in [0.05, 0.1) is 5.69 Å². The molecular weight excluding hydrogens is 214 g/mol. The van der Waals surface area contributed by atoms with Crippen LogP contribution >= 0.6 is 0 Å². The van der Waals surface area contributed by atoms with Crippen LogP contribution in [0.3, 0.4) is 0 Å². The van der Waals surface area contributed by atoms with Crippen molar-refractivity contribution in [1.29, 1.82) is 0 Å². The van der Waals surface area contributed by atoms with Gasteiger partial charge in [-0.15, -0.1) is 0 Å². The number of nitrogens with zero attached hydrogens (tertiary/aromatic N) is 2. The van der Waals surface area contributed by atoms with E-state index < -0.39 is 0 Å². The predicted molar refractivity (Wildman–Crippen MR) is 67.9 cm³/mol. The molecule has 0 aliphatic rings. The molecule has 17 heavy (non-hydrogen) atoms. The van der Waals surface area contributed by atoms with Gasteiger partial charge in [-0.3, -0.25) is 9.48 Å². The fraction of sp³-hybridized carbons (Fsp3) is 0.231. The zero-order valence-corrected chi connectivity index (χ0v) is 9.97. The maximum absolute atomic E-state index is 10.9. The number of nitrogens with two attached hydrogens (primary N) is 1. The molecular formula is C13H15N3O. The molecule has 2 rings (SSSR count). The molecule has 0 amide bonds. The second-order valence-electron chi connectivity index (χ2n) is 3.96. The molecule has 2 aromatic rings. The Bertz CT molecular complexity index is 558. The Morgan fingerprint density at radius 1 is 1.41 bits per heavy atom. The third kappa shape index (κ3) is 2.06. The van der Waals surface area contributed by atoms with E-state index in [0.717, 1.165) is 28.8 Å². The van der Waals surface area contributed by atoms with Crippen LogP contribution in [0.2, 0.25) is 0 Å². The molecule has 0 radical (unpaired) electrons. The highest BCUT2D eigenvalue weighted by atomic mass is 16.1. The molecule has 88 valence electrons. The third-order valence-electron chi connectivity index (χ3n) is 2.81. The topological polar surface area (TPSA) is 60.9 Å². The number of aryl methyl sites for hydroxylation is 2. The maximum Gasteiger partial charge on any atom is 0.168 e. The molecule has 4 nitrogen and oxygen atoms in total. The van der Waals surface area contributed by atoms with E-state index in [4.69, 9.17) is 5.73 Å². The second-order valence-corrected chi connectivity index (χ2v) is 3.96. The largest absolute Gasteiger partial charge is 0.398 e. The first-order valence-electron chi connectivity index (χ1n) is 5.55. The smallest absolute Gasteiger partial charge is 0.168 e. The van der Waals surface area contributed by atoms with E-state index in [2.05, 4.69) is 5.10 Å². The van der Waals surface area contributed by atoms with Crippen molar-refractivity contribution >= 4 is 12.0 Å².